The highest BCUT2D eigenvalue weighted by molar-refractivity contribution is 6.05. The maximum atomic E-state index is 12.0. The molecule has 19 heavy (non-hydrogen) atoms. The number of hydrogen-bond donors (Lipinski definition) is 2. The fraction of sp³-hybridized carbons (Fsp3) is 0.429. The van der Waals surface area contributed by atoms with Crippen LogP contribution in [0.25, 0.3) is 0 Å². The van der Waals surface area contributed by atoms with Gasteiger partial charge in [0, 0.05) is 13.0 Å². The zero-order chi connectivity index (χ0) is 14.0. The van der Waals surface area contributed by atoms with Crippen LogP contribution in [0.2, 0.25) is 0 Å². The molecule has 0 atom stereocenters. The van der Waals surface area contributed by atoms with Crippen molar-refractivity contribution >= 4 is 23.2 Å². The number of nitrogens with two attached hydrogens (primary N) is 1. The Balaban J connectivity index is 2.58. The average molecular weight is 261 g/mol. The molecule has 1 aromatic rings. The van der Waals surface area contributed by atoms with Gasteiger partial charge in [-0.3, -0.25) is 9.59 Å². The summed E-state index contributed by atoms with van der Waals surface area (Å²) in [6, 6.07) is 5.70. The van der Waals surface area contributed by atoms with Crippen LogP contribution in [0.1, 0.15) is 31.7 Å². The van der Waals surface area contributed by atoms with E-state index in [9.17, 15) is 9.59 Å². The summed E-state index contributed by atoms with van der Waals surface area (Å²) in [6.45, 7) is 4.44. The van der Waals surface area contributed by atoms with Crippen molar-refractivity contribution < 1.29 is 9.59 Å². The Kier molecular flexibility index (Phi) is 3.85. The Labute approximate surface area is 112 Å². The quantitative estimate of drug-likeness (QED) is 0.846. The number of fused-ring (bicyclic) bond motifs is 1. The molecule has 0 fully saturated rings. The second-order valence-electron chi connectivity index (χ2n) is 4.95. The number of carbonyl (C=O) groups is 2. The molecule has 0 bridgehead atoms. The van der Waals surface area contributed by atoms with Gasteiger partial charge in [-0.1, -0.05) is 26.0 Å². The number of anilines is 2. The molecule has 3 N–H and O–H groups in total. The Morgan fingerprint density at radius 2 is 2.21 bits per heavy atom. The zero-order valence-corrected chi connectivity index (χ0v) is 11.3. The highest BCUT2D eigenvalue weighted by Crippen LogP contribution is 2.36. The first-order valence-electron chi connectivity index (χ1n) is 6.47. The Hall–Kier alpha value is -1.88. The molecule has 5 heteroatoms. The molecular formula is C14H19N3O2. The van der Waals surface area contributed by atoms with E-state index in [0.717, 1.165) is 11.3 Å². The lowest BCUT2D eigenvalue weighted by Crippen LogP contribution is -2.37. The van der Waals surface area contributed by atoms with Gasteiger partial charge in [-0.25, -0.2) is 0 Å². The van der Waals surface area contributed by atoms with Gasteiger partial charge in [-0.2, -0.15) is 0 Å². The molecule has 0 radical (unpaired) electrons. The topological polar surface area (TPSA) is 75.4 Å². The molecule has 0 aliphatic carbocycles. The minimum Gasteiger partial charge on any atom is -0.324 e. The van der Waals surface area contributed by atoms with Crippen molar-refractivity contribution in [2.45, 2.75) is 26.2 Å². The number of amides is 2. The van der Waals surface area contributed by atoms with Crippen LogP contribution in [-0.2, 0) is 9.59 Å². The number of rotatable bonds is 2. The van der Waals surface area contributed by atoms with Crippen molar-refractivity contribution in [1.29, 1.82) is 0 Å². The Morgan fingerprint density at radius 1 is 1.47 bits per heavy atom. The number of nitrogens with one attached hydrogen (secondary N) is 1. The summed E-state index contributed by atoms with van der Waals surface area (Å²) in [6.07, 6.45) is 0.290. The summed E-state index contributed by atoms with van der Waals surface area (Å²) < 4.78 is 0. The van der Waals surface area contributed by atoms with Gasteiger partial charge >= 0.3 is 0 Å². The highest BCUT2D eigenvalue weighted by atomic mass is 16.2. The largest absolute Gasteiger partial charge is 0.324 e. The lowest BCUT2D eigenvalue weighted by Gasteiger charge is -2.25. The van der Waals surface area contributed by atoms with Crippen LogP contribution >= 0.6 is 0 Å². The smallest absolute Gasteiger partial charge is 0.240 e. The van der Waals surface area contributed by atoms with Gasteiger partial charge in [0.2, 0.25) is 11.8 Å². The van der Waals surface area contributed by atoms with E-state index in [2.05, 4.69) is 19.2 Å². The predicted octanol–water partition coefficient (Wildman–Crippen LogP) is 1.44. The molecule has 0 saturated heterocycles. The number of para-hydroxylation sites is 1. The number of hydrogen-bond acceptors (Lipinski definition) is 3. The van der Waals surface area contributed by atoms with Crippen molar-refractivity contribution in [1.82, 2.24) is 0 Å². The van der Waals surface area contributed by atoms with E-state index in [1.807, 2.05) is 18.2 Å². The third-order valence-electron chi connectivity index (χ3n) is 3.27. The third kappa shape index (κ3) is 2.61. The van der Waals surface area contributed by atoms with E-state index >= 15 is 0 Å². The predicted molar refractivity (Wildman–Crippen MR) is 75.2 cm³/mol. The van der Waals surface area contributed by atoms with Gasteiger partial charge < -0.3 is 16.0 Å². The summed E-state index contributed by atoms with van der Waals surface area (Å²) in [4.78, 5) is 25.4. The van der Waals surface area contributed by atoms with Gasteiger partial charge in [0.1, 0.15) is 0 Å². The lowest BCUT2D eigenvalue weighted by molar-refractivity contribution is -0.117. The van der Waals surface area contributed by atoms with Crippen LogP contribution in [0.3, 0.4) is 0 Å². The average Bonchev–Trinajstić information content (AvgIpc) is 2.55. The molecule has 0 aromatic heterocycles. The number of benzene rings is 1. The molecule has 0 unspecified atom stereocenters. The van der Waals surface area contributed by atoms with Crippen LogP contribution in [-0.4, -0.2) is 24.9 Å². The van der Waals surface area contributed by atoms with Gasteiger partial charge in [0.05, 0.1) is 17.9 Å². The first-order valence-corrected chi connectivity index (χ1v) is 6.47. The Morgan fingerprint density at radius 3 is 2.84 bits per heavy atom. The van der Waals surface area contributed by atoms with E-state index in [0.29, 0.717) is 12.2 Å². The summed E-state index contributed by atoms with van der Waals surface area (Å²) in [5, 5.41) is 2.85. The minimum absolute atomic E-state index is 0.0555. The first-order chi connectivity index (χ1) is 9.04. The summed E-state index contributed by atoms with van der Waals surface area (Å²) in [5.41, 5.74) is 8.00. The number of carbonyl (C=O) groups excluding carboxylic acids is 2. The van der Waals surface area contributed by atoms with Crippen molar-refractivity contribution in [2.24, 2.45) is 5.73 Å². The fourth-order valence-electron chi connectivity index (χ4n) is 2.33. The van der Waals surface area contributed by atoms with Gasteiger partial charge in [0.15, 0.2) is 0 Å². The van der Waals surface area contributed by atoms with Crippen LogP contribution in [0, 0.1) is 0 Å². The molecule has 1 aliphatic rings. The molecule has 1 aliphatic heterocycles. The minimum atomic E-state index is -0.161. The molecular weight excluding hydrogens is 242 g/mol. The maximum Gasteiger partial charge on any atom is 0.240 e. The van der Waals surface area contributed by atoms with Crippen LogP contribution in [0.5, 0.6) is 0 Å². The van der Waals surface area contributed by atoms with Gasteiger partial charge in [-0.15, -0.1) is 0 Å². The van der Waals surface area contributed by atoms with E-state index in [-0.39, 0.29) is 30.7 Å². The lowest BCUT2D eigenvalue weighted by atomic mass is 9.99. The monoisotopic (exact) mass is 261 g/mol. The van der Waals surface area contributed by atoms with E-state index in [1.165, 1.54) is 0 Å². The summed E-state index contributed by atoms with van der Waals surface area (Å²) in [7, 11) is 0. The molecule has 1 aromatic carbocycles. The zero-order valence-electron chi connectivity index (χ0n) is 11.3. The van der Waals surface area contributed by atoms with Gasteiger partial charge in [0.25, 0.3) is 0 Å². The van der Waals surface area contributed by atoms with Gasteiger partial charge in [-0.05, 0) is 17.5 Å². The van der Waals surface area contributed by atoms with Crippen LogP contribution in [0.4, 0.5) is 11.4 Å². The molecule has 2 rings (SSSR count). The molecule has 1 heterocycles. The summed E-state index contributed by atoms with van der Waals surface area (Å²) >= 11 is 0. The maximum absolute atomic E-state index is 12.0. The normalized spacial score (nSPS) is 14.9. The standard InChI is InChI=1S/C14H19N3O2/c1-9(2)10-4-3-5-11-14(10)17(13(19)8-15)7-6-12(18)16-11/h3-5,9H,6-8,15H2,1-2H3,(H,16,18). The van der Waals surface area contributed by atoms with Crippen molar-refractivity contribution in [3.8, 4) is 0 Å². The van der Waals surface area contributed by atoms with Crippen LogP contribution in [0.15, 0.2) is 18.2 Å². The fourth-order valence-corrected chi connectivity index (χ4v) is 2.33. The van der Waals surface area contributed by atoms with E-state index in [1.54, 1.807) is 4.90 Å². The second-order valence-corrected chi connectivity index (χ2v) is 4.95. The summed E-state index contributed by atoms with van der Waals surface area (Å²) in [5.74, 6) is 0.0263. The second kappa shape index (κ2) is 5.40. The number of nitrogens with zero attached hydrogens (tertiary/aromatic N) is 1. The van der Waals surface area contributed by atoms with E-state index in [4.69, 9.17) is 5.73 Å². The third-order valence-corrected chi connectivity index (χ3v) is 3.27. The molecule has 0 spiro atoms. The molecule has 0 saturated carbocycles. The molecule has 2 amide bonds. The van der Waals surface area contributed by atoms with E-state index < -0.39 is 0 Å². The van der Waals surface area contributed by atoms with Crippen molar-refractivity contribution in [3.63, 3.8) is 0 Å². The molecule has 5 nitrogen and oxygen atoms in total. The van der Waals surface area contributed by atoms with Crippen molar-refractivity contribution in [2.75, 3.05) is 23.3 Å². The molecule has 102 valence electrons. The van der Waals surface area contributed by atoms with Crippen molar-refractivity contribution in [3.05, 3.63) is 23.8 Å². The SMILES string of the molecule is CC(C)c1cccc2c1N(C(=O)CN)CCC(=O)N2. The first kappa shape index (κ1) is 13.5. The van der Waals surface area contributed by atoms with Crippen LogP contribution < -0.4 is 16.0 Å². The Bertz CT molecular complexity index is 511. The highest BCUT2D eigenvalue weighted by Gasteiger charge is 2.26.